The topological polar surface area (TPSA) is 70.1 Å². The lowest BCUT2D eigenvalue weighted by atomic mass is 9.82. The van der Waals surface area contributed by atoms with Crippen molar-refractivity contribution in [2.45, 2.75) is 56.8 Å². The first-order valence-electron chi connectivity index (χ1n) is 6.70. The van der Waals surface area contributed by atoms with E-state index in [2.05, 4.69) is 0 Å². The third-order valence-corrected chi connectivity index (χ3v) is 4.12. The Balaban J connectivity index is 0.00000180. The number of carbonyl (C=O) groups is 1. The maximum atomic E-state index is 13.3. The van der Waals surface area contributed by atoms with Crippen LogP contribution in [0.15, 0.2) is 0 Å². The Hall–Kier alpha value is -0.860. The van der Waals surface area contributed by atoms with Crippen LogP contribution in [0, 0.1) is 17.2 Å². The first-order chi connectivity index (χ1) is 8.61. The highest BCUT2D eigenvalue weighted by atomic mass is 35.5. The molecule has 2 aliphatic rings. The Morgan fingerprint density at radius 1 is 1.42 bits per heavy atom. The number of nitrogens with zero attached hydrogens (tertiary/aromatic N) is 2. The monoisotopic (exact) mass is 289 g/mol. The number of halogens is 2. The third kappa shape index (κ3) is 3.80. The van der Waals surface area contributed by atoms with Crippen molar-refractivity contribution in [1.82, 2.24) is 4.90 Å². The van der Waals surface area contributed by atoms with Crippen molar-refractivity contribution in [3.63, 3.8) is 0 Å². The number of alkyl halides is 1. The van der Waals surface area contributed by atoms with Crippen molar-refractivity contribution in [1.29, 1.82) is 5.26 Å². The minimum Gasteiger partial charge on any atom is -0.327 e. The molecule has 4 nitrogen and oxygen atoms in total. The summed E-state index contributed by atoms with van der Waals surface area (Å²) >= 11 is 0. The highest BCUT2D eigenvalue weighted by Gasteiger charge is 2.36. The number of nitriles is 1. The van der Waals surface area contributed by atoms with Gasteiger partial charge in [-0.1, -0.05) is 12.8 Å². The van der Waals surface area contributed by atoms with Crippen molar-refractivity contribution in [2.75, 3.05) is 6.54 Å². The predicted octanol–water partition coefficient (Wildman–Crippen LogP) is 1.78. The Kier molecular flexibility index (Phi) is 6.02. The second kappa shape index (κ2) is 7.06. The number of rotatable bonds is 2. The van der Waals surface area contributed by atoms with Crippen LogP contribution in [-0.2, 0) is 4.79 Å². The SMILES string of the molecule is Cl.N#C[C@@H]1C[C@H](F)CN1C(=O)C[C@@H]1CCCC[C@@H]1N. The van der Waals surface area contributed by atoms with Crippen LogP contribution in [0.5, 0.6) is 0 Å². The van der Waals surface area contributed by atoms with Crippen LogP contribution in [-0.4, -0.2) is 35.6 Å². The molecule has 2 fully saturated rings. The van der Waals surface area contributed by atoms with E-state index < -0.39 is 12.2 Å². The van der Waals surface area contributed by atoms with Crippen molar-refractivity contribution in [3.8, 4) is 6.07 Å². The summed E-state index contributed by atoms with van der Waals surface area (Å²) in [6.07, 6.45) is 3.63. The summed E-state index contributed by atoms with van der Waals surface area (Å²) in [4.78, 5) is 13.5. The fourth-order valence-electron chi connectivity index (χ4n) is 3.01. The second-order valence-corrected chi connectivity index (χ2v) is 5.44. The van der Waals surface area contributed by atoms with E-state index in [4.69, 9.17) is 11.0 Å². The van der Waals surface area contributed by atoms with Crippen LogP contribution < -0.4 is 5.73 Å². The van der Waals surface area contributed by atoms with Gasteiger partial charge in [0.05, 0.1) is 12.6 Å². The summed E-state index contributed by atoms with van der Waals surface area (Å²) in [5, 5.41) is 8.93. The first kappa shape index (κ1) is 16.2. The van der Waals surface area contributed by atoms with E-state index in [0.717, 1.165) is 25.7 Å². The van der Waals surface area contributed by atoms with Gasteiger partial charge in [-0.15, -0.1) is 12.4 Å². The molecule has 1 aliphatic carbocycles. The van der Waals surface area contributed by atoms with E-state index in [1.807, 2.05) is 6.07 Å². The molecule has 1 aliphatic heterocycles. The van der Waals surface area contributed by atoms with Crippen LogP contribution in [0.2, 0.25) is 0 Å². The molecule has 0 aromatic heterocycles. The molecule has 0 bridgehead atoms. The van der Waals surface area contributed by atoms with Gasteiger partial charge >= 0.3 is 0 Å². The molecule has 19 heavy (non-hydrogen) atoms. The van der Waals surface area contributed by atoms with Gasteiger partial charge in [0, 0.05) is 18.9 Å². The zero-order chi connectivity index (χ0) is 13.1. The number of hydrogen-bond donors (Lipinski definition) is 1. The molecule has 1 saturated heterocycles. The summed E-state index contributed by atoms with van der Waals surface area (Å²) in [7, 11) is 0. The van der Waals surface area contributed by atoms with Crippen LogP contribution in [0.25, 0.3) is 0 Å². The van der Waals surface area contributed by atoms with Crippen molar-refractivity contribution < 1.29 is 9.18 Å². The Labute approximate surface area is 119 Å². The average molecular weight is 290 g/mol. The fourth-order valence-corrected chi connectivity index (χ4v) is 3.01. The fraction of sp³-hybridized carbons (Fsp3) is 0.846. The lowest BCUT2D eigenvalue weighted by molar-refractivity contribution is -0.132. The highest BCUT2D eigenvalue weighted by Crippen LogP contribution is 2.28. The molecule has 2 N–H and O–H groups in total. The van der Waals surface area contributed by atoms with Crippen LogP contribution in [0.4, 0.5) is 4.39 Å². The number of nitrogens with two attached hydrogens (primary N) is 1. The second-order valence-electron chi connectivity index (χ2n) is 5.44. The van der Waals surface area contributed by atoms with Gasteiger partial charge in [-0.2, -0.15) is 5.26 Å². The largest absolute Gasteiger partial charge is 0.327 e. The third-order valence-electron chi connectivity index (χ3n) is 4.12. The van der Waals surface area contributed by atoms with Gasteiger partial charge in [0.2, 0.25) is 5.91 Å². The van der Waals surface area contributed by atoms with Crippen molar-refractivity contribution in [2.24, 2.45) is 11.7 Å². The number of hydrogen-bond acceptors (Lipinski definition) is 3. The summed E-state index contributed by atoms with van der Waals surface area (Å²) in [5.41, 5.74) is 6.01. The van der Waals surface area contributed by atoms with E-state index in [1.165, 1.54) is 4.90 Å². The van der Waals surface area contributed by atoms with Gasteiger partial charge in [-0.25, -0.2) is 4.39 Å². The molecule has 6 heteroatoms. The normalized spacial score (nSPS) is 34.5. The lowest BCUT2D eigenvalue weighted by Crippen LogP contribution is -2.40. The molecule has 0 spiro atoms. The average Bonchev–Trinajstić information content (AvgIpc) is 2.73. The molecule has 1 amide bonds. The summed E-state index contributed by atoms with van der Waals surface area (Å²) in [5.74, 6) is 0.0910. The molecule has 0 unspecified atom stereocenters. The Morgan fingerprint density at radius 2 is 2.11 bits per heavy atom. The molecule has 0 aromatic rings. The van der Waals surface area contributed by atoms with E-state index >= 15 is 0 Å². The smallest absolute Gasteiger partial charge is 0.224 e. The zero-order valence-electron chi connectivity index (χ0n) is 10.9. The minimum atomic E-state index is -1.06. The van der Waals surface area contributed by atoms with Crippen LogP contribution in [0.1, 0.15) is 38.5 Å². The zero-order valence-corrected chi connectivity index (χ0v) is 11.7. The maximum Gasteiger partial charge on any atom is 0.224 e. The number of likely N-dealkylation sites (tertiary alicyclic amines) is 1. The van der Waals surface area contributed by atoms with Crippen LogP contribution >= 0.6 is 12.4 Å². The number of amides is 1. The van der Waals surface area contributed by atoms with Gasteiger partial charge in [0.15, 0.2) is 0 Å². The highest BCUT2D eigenvalue weighted by molar-refractivity contribution is 5.85. The van der Waals surface area contributed by atoms with E-state index in [-0.39, 0.29) is 43.2 Å². The van der Waals surface area contributed by atoms with Crippen molar-refractivity contribution >= 4 is 18.3 Å². The maximum absolute atomic E-state index is 13.3. The van der Waals surface area contributed by atoms with Gasteiger partial charge in [-0.3, -0.25) is 4.79 Å². The Bertz CT molecular complexity index is 360. The Morgan fingerprint density at radius 3 is 2.74 bits per heavy atom. The van der Waals surface area contributed by atoms with E-state index in [0.29, 0.717) is 6.42 Å². The molecular weight excluding hydrogens is 269 g/mol. The molecule has 1 saturated carbocycles. The van der Waals surface area contributed by atoms with Crippen molar-refractivity contribution in [3.05, 3.63) is 0 Å². The molecule has 0 radical (unpaired) electrons. The minimum absolute atomic E-state index is 0. The van der Waals surface area contributed by atoms with Gasteiger partial charge < -0.3 is 10.6 Å². The predicted molar refractivity (Wildman–Crippen MR) is 72.4 cm³/mol. The molecule has 2 rings (SSSR count). The quantitative estimate of drug-likeness (QED) is 0.842. The molecular formula is C13H21ClFN3O. The standard InChI is InChI=1S/C13H20FN3O.ClH/c14-10-6-11(7-15)17(8-10)13(18)5-9-3-1-2-4-12(9)16;/h9-12H,1-6,8,16H2;1H/t9-,10-,11-,12-;/m0./s1. The molecule has 1 heterocycles. The summed E-state index contributed by atoms with van der Waals surface area (Å²) < 4.78 is 13.3. The van der Waals surface area contributed by atoms with Gasteiger partial charge in [-0.05, 0) is 18.8 Å². The molecule has 108 valence electrons. The van der Waals surface area contributed by atoms with Gasteiger partial charge in [0.25, 0.3) is 0 Å². The molecule has 0 aromatic carbocycles. The van der Waals surface area contributed by atoms with Gasteiger partial charge in [0.1, 0.15) is 12.2 Å². The molecule has 4 atom stereocenters. The van der Waals surface area contributed by atoms with E-state index in [1.54, 1.807) is 0 Å². The van der Waals surface area contributed by atoms with E-state index in [9.17, 15) is 9.18 Å². The first-order valence-corrected chi connectivity index (χ1v) is 6.70. The van der Waals surface area contributed by atoms with Crippen LogP contribution in [0.3, 0.4) is 0 Å². The summed E-state index contributed by atoms with van der Waals surface area (Å²) in [6.45, 7) is 0.0685. The summed E-state index contributed by atoms with van der Waals surface area (Å²) in [6, 6.07) is 1.49. The number of carbonyl (C=O) groups excluding carboxylic acids is 1. The lowest BCUT2D eigenvalue weighted by Gasteiger charge is -2.30.